The molecule has 0 aliphatic heterocycles. The third-order valence-corrected chi connectivity index (χ3v) is 2.47. The number of carboxylic acid groups (broad SMARTS) is 1. The van der Waals surface area contributed by atoms with Crippen molar-refractivity contribution >= 4 is 5.97 Å². The van der Waals surface area contributed by atoms with Gasteiger partial charge in [-0.15, -0.1) is 0 Å². The van der Waals surface area contributed by atoms with Gasteiger partial charge in [0.1, 0.15) is 11.6 Å². The lowest BCUT2D eigenvalue weighted by Crippen LogP contribution is -1.98. The van der Waals surface area contributed by atoms with Crippen LogP contribution in [0.15, 0.2) is 22.7 Å². The van der Waals surface area contributed by atoms with Crippen LogP contribution >= 0.6 is 0 Å². The Morgan fingerprint density at radius 1 is 1.35 bits per heavy atom. The molecule has 0 aliphatic carbocycles. The zero-order chi connectivity index (χ0) is 12.6. The molecule has 0 saturated carbocycles. The van der Waals surface area contributed by atoms with Crippen LogP contribution in [0.25, 0.3) is 11.1 Å². The molecule has 88 valence electrons. The van der Waals surface area contributed by atoms with Gasteiger partial charge in [0.15, 0.2) is 0 Å². The van der Waals surface area contributed by atoms with Crippen LogP contribution in [-0.2, 0) is 0 Å². The van der Waals surface area contributed by atoms with Crippen molar-refractivity contribution in [2.45, 2.75) is 13.8 Å². The molecule has 5 heteroatoms. The number of aromatic nitrogens is 1. The maximum Gasteiger partial charge on any atom is 0.335 e. The van der Waals surface area contributed by atoms with Gasteiger partial charge >= 0.3 is 5.97 Å². The monoisotopic (exact) mass is 235 g/mol. The highest BCUT2D eigenvalue weighted by Crippen LogP contribution is 2.28. The Morgan fingerprint density at radius 2 is 2.06 bits per heavy atom. The van der Waals surface area contributed by atoms with E-state index in [1.54, 1.807) is 13.8 Å². The van der Waals surface area contributed by atoms with Gasteiger partial charge < -0.3 is 9.63 Å². The van der Waals surface area contributed by atoms with E-state index in [-0.39, 0.29) is 5.56 Å². The van der Waals surface area contributed by atoms with Crippen LogP contribution < -0.4 is 0 Å². The van der Waals surface area contributed by atoms with Gasteiger partial charge in [-0.2, -0.15) is 0 Å². The number of aryl methyl sites for hydroxylation is 2. The summed E-state index contributed by atoms with van der Waals surface area (Å²) in [5.41, 5.74) is 1.59. The van der Waals surface area contributed by atoms with Crippen molar-refractivity contribution in [3.63, 3.8) is 0 Å². The maximum absolute atomic E-state index is 13.3. The number of carboxylic acids is 1. The summed E-state index contributed by atoms with van der Waals surface area (Å²) in [6.45, 7) is 3.41. The van der Waals surface area contributed by atoms with Gasteiger partial charge in [-0.25, -0.2) is 9.18 Å². The predicted molar refractivity (Wildman–Crippen MR) is 58.3 cm³/mol. The normalized spacial score (nSPS) is 10.5. The molecule has 1 heterocycles. The summed E-state index contributed by atoms with van der Waals surface area (Å²) in [7, 11) is 0. The number of nitrogens with zero attached hydrogens (tertiary/aromatic N) is 1. The van der Waals surface area contributed by atoms with Crippen molar-refractivity contribution < 1.29 is 18.8 Å². The van der Waals surface area contributed by atoms with Crippen LogP contribution in [0.3, 0.4) is 0 Å². The van der Waals surface area contributed by atoms with Crippen LogP contribution in [0.1, 0.15) is 21.8 Å². The standard InChI is InChI=1S/C12H10FNO3/c1-6-11(7(2)17-14-6)8-3-9(12(15)16)5-10(13)4-8/h3-5H,1-2H3,(H,15,16). The van der Waals surface area contributed by atoms with Crippen LogP contribution in [0, 0.1) is 19.7 Å². The molecule has 1 aromatic carbocycles. The molecule has 0 atom stereocenters. The summed E-state index contributed by atoms with van der Waals surface area (Å²) in [5.74, 6) is -1.23. The van der Waals surface area contributed by atoms with Crippen molar-refractivity contribution in [2.24, 2.45) is 0 Å². The molecule has 17 heavy (non-hydrogen) atoms. The van der Waals surface area contributed by atoms with Crippen LogP contribution in [-0.4, -0.2) is 16.2 Å². The number of aromatic carboxylic acids is 1. The van der Waals surface area contributed by atoms with E-state index in [1.807, 2.05) is 0 Å². The minimum absolute atomic E-state index is 0.0972. The van der Waals surface area contributed by atoms with Crippen molar-refractivity contribution in [1.82, 2.24) is 5.16 Å². The van der Waals surface area contributed by atoms with E-state index in [0.29, 0.717) is 22.6 Å². The van der Waals surface area contributed by atoms with Gasteiger partial charge in [0.25, 0.3) is 0 Å². The summed E-state index contributed by atoms with van der Waals surface area (Å²) >= 11 is 0. The van der Waals surface area contributed by atoms with E-state index in [1.165, 1.54) is 12.1 Å². The molecule has 2 rings (SSSR count). The van der Waals surface area contributed by atoms with Crippen LogP contribution in [0.5, 0.6) is 0 Å². The zero-order valence-electron chi connectivity index (χ0n) is 9.32. The Labute approximate surface area is 96.7 Å². The largest absolute Gasteiger partial charge is 0.478 e. The van der Waals surface area contributed by atoms with Crippen molar-refractivity contribution in [3.8, 4) is 11.1 Å². The second-order valence-electron chi connectivity index (χ2n) is 3.73. The average molecular weight is 235 g/mol. The van der Waals surface area contributed by atoms with Crippen molar-refractivity contribution in [3.05, 3.63) is 41.0 Å². The SMILES string of the molecule is Cc1noc(C)c1-c1cc(F)cc(C(=O)O)c1. The van der Waals surface area contributed by atoms with Gasteiger partial charge in [-0.05, 0) is 37.6 Å². The molecule has 1 N–H and O–H groups in total. The molecular formula is C12H10FNO3. The number of halogens is 1. The first kappa shape index (κ1) is 11.3. The highest BCUT2D eigenvalue weighted by molar-refractivity contribution is 5.89. The Kier molecular flexibility index (Phi) is 2.67. The van der Waals surface area contributed by atoms with E-state index in [4.69, 9.17) is 9.63 Å². The third kappa shape index (κ3) is 2.04. The van der Waals surface area contributed by atoms with Crippen LogP contribution in [0.4, 0.5) is 4.39 Å². The maximum atomic E-state index is 13.3. The van der Waals surface area contributed by atoms with Gasteiger partial charge in [-0.3, -0.25) is 0 Å². The quantitative estimate of drug-likeness (QED) is 0.869. The fourth-order valence-corrected chi connectivity index (χ4v) is 1.75. The van der Waals surface area contributed by atoms with E-state index < -0.39 is 11.8 Å². The van der Waals surface area contributed by atoms with Crippen LogP contribution in [0.2, 0.25) is 0 Å². The van der Waals surface area contributed by atoms with E-state index in [2.05, 4.69) is 5.16 Å². The number of rotatable bonds is 2. The van der Waals surface area contributed by atoms with E-state index in [0.717, 1.165) is 6.07 Å². The fourth-order valence-electron chi connectivity index (χ4n) is 1.75. The Hall–Kier alpha value is -2.17. The molecular weight excluding hydrogens is 225 g/mol. The van der Waals surface area contributed by atoms with Gasteiger partial charge in [0.2, 0.25) is 0 Å². The Morgan fingerprint density at radius 3 is 2.59 bits per heavy atom. The second-order valence-corrected chi connectivity index (χ2v) is 3.73. The molecule has 1 aromatic heterocycles. The summed E-state index contributed by atoms with van der Waals surface area (Å²) in [5, 5.41) is 12.6. The zero-order valence-corrected chi connectivity index (χ0v) is 9.32. The molecule has 2 aromatic rings. The van der Waals surface area contributed by atoms with Gasteiger partial charge in [-0.1, -0.05) is 5.16 Å². The van der Waals surface area contributed by atoms with Crippen molar-refractivity contribution in [1.29, 1.82) is 0 Å². The predicted octanol–water partition coefficient (Wildman–Crippen LogP) is 2.80. The van der Waals surface area contributed by atoms with E-state index in [9.17, 15) is 9.18 Å². The lowest BCUT2D eigenvalue weighted by molar-refractivity contribution is 0.0696. The molecule has 0 fully saturated rings. The first-order valence-corrected chi connectivity index (χ1v) is 4.96. The van der Waals surface area contributed by atoms with Gasteiger partial charge in [0.05, 0.1) is 11.3 Å². The summed E-state index contributed by atoms with van der Waals surface area (Å²) in [6, 6.07) is 3.64. The lowest BCUT2D eigenvalue weighted by Gasteiger charge is -2.03. The second kappa shape index (κ2) is 4.01. The number of hydrogen-bond acceptors (Lipinski definition) is 3. The molecule has 0 aliphatic rings. The van der Waals surface area contributed by atoms with Crippen molar-refractivity contribution in [2.75, 3.05) is 0 Å². The van der Waals surface area contributed by atoms with E-state index >= 15 is 0 Å². The molecule has 0 unspecified atom stereocenters. The average Bonchev–Trinajstić information content (AvgIpc) is 2.57. The molecule has 0 spiro atoms. The lowest BCUT2D eigenvalue weighted by atomic mass is 10.0. The number of benzene rings is 1. The molecule has 0 saturated heterocycles. The smallest absolute Gasteiger partial charge is 0.335 e. The van der Waals surface area contributed by atoms with Gasteiger partial charge in [0, 0.05) is 5.56 Å². The number of carbonyl (C=O) groups is 1. The molecule has 0 radical (unpaired) electrons. The number of hydrogen-bond donors (Lipinski definition) is 1. The fraction of sp³-hybridized carbons (Fsp3) is 0.167. The minimum Gasteiger partial charge on any atom is -0.478 e. The highest BCUT2D eigenvalue weighted by Gasteiger charge is 2.15. The summed E-state index contributed by atoms with van der Waals surface area (Å²) < 4.78 is 18.3. The summed E-state index contributed by atoms with van der Waals surface area (Å²) in [4.78, 5) is 10.8. The Bertz CT molecular complexity index is 570. The third-order valence-electron chi connectivity index (χ3n) is 2.47. The summed E-state index contributed by atoms with van der Waals surface area (Å²) in [6.07, 6.45) is 0. The molecule has 0 bridgehead atoms. The Balaban J connectivity index is 2.64. The topological polar surface area (TPSA) is 63.3 Å². The minimum atomic E-state index is -1.17. The first-order valence-electron chi connectivity index (χ1n) is 4.96. The highest BCUT2D eigenvalue weighted by atomic mass is 19.1. The molecule has 4 nitrogen and oxygen atoms in total. The first-order chi connectivity index (χ1) is 7.99. The molecule has 0 amide bonds.